The molecule has 0 aliphatic rings. The average molecular weight is 384 g/mol. The first-order chi connectivity index (χ1) is 12.9. The van der Waals surface area contributed by atoms with Gasteiger partial charge in [-0.25, -0.2) is 13.2 Å². The molecular weight excluding hydrogens is 368 g/mol. The number of nitrogens with zero attached hydrogens (tertiary/aromatic N) is 3. The van der Waals surface area contributed by atoms with Crippen molar-refractivity contribution < 1.29 is 12.8 Å². The van der Waals surface area contributed by atoms with Crippen molar-refractivity contribution in [2.24, 2.45) is 7.05 Å². The van der Waals surface area contributed by atoms with Gasteiger partial charge in [-0.2, -0.15) is 5.10 Å². The maximum absolute atomic E-state index is 12.6. The summed E-state index contributed by atoms with van der Waals surface area (Å²) in [5.41, 5.74) is 2.14. The summed E-state index contributed by atoms with van der Waals surface area (Å²) in [5, 5.41) is 4.18. The zero-order valence-corrected chi connectivity index (χ0v) is 15.2. The van der Waals surface area contributed by atoms with Crippen LogP contribution in [0.2, 0.25) is 0 Å². The summed E-state index contributed by atoms with van der Waals surface area (Å²) in [7, 11) is -2.29. The number of fused-ring (bicyclic) bond motifs is 1. The van der Waals surface area contributed by atoms with Crippen LogP contribution in [0.15, 0.2) is 75.0 Å². The second kappa shape index (κ2) is 6.44. The van der Waals surface area contributed by atoms with Crippen LogP contribution in [-0.4, -0.2) is 22.8 Å². The molecule has 0 unspecified atom stereocenters. The maximum atomic E-state index is 12.6. The first-order valence-electron chi connectivity index (χ1n) is 8.11. The molecule has 0 spiro atoms. The molecule has 0 saturated heterocycles. The van der Waals surface area contributed by atoms with Crippen molar-refractivity contribution in [3.05, 3.63) is 77.0 Å². The number of oxazole rings is 1. The van der Waals surface area contributed by atoms with Crippen molar-refractivity contribution in [1.29, 1.82) is 0 Å². The third-order valence-corrected chi connectivity index (χ3v) is 5.53. The first kappa shape index (κ1) is 17.1. The molecule has 27 heavy (non-hydrogen) atoms. The van der Waals surface area contributed by atoms with Gasteiger partial charge in [-0.05, 0) is 17.7 Å². The Morgan fingerprint density at radius 2 is 1.93 bits per heavy atom. The predicted octanol–water partition coefficient (Wildman–Crippen LogP) is 2.18. The fraction of sp³-hybridized carbons (Fsp3) is 0.111. The highest BCUT2D eigenvalue weighted by Gasteiger charge is 2.18. The normalized spacial score (nSPS) is 11.7. The fourth-order valence-corrected chi connectivity index (χ4v) is 3.81. The van der Waals surface area contributed by atoms with Crippen LogP contribution < -0.4 is 10.5 Å². The van der Waals surface area contributed by atoms with Gasteiger partial charge in [0.2, 0.25) is 0 Å². The predicted molar refractivity (Wildman–Crippen MR) is 100 cm³/mol. The molecular formula is C18H16N4O4S. The summed E-state index contributed by atoms with van der Waals surface area (Å²) in [5.74, 6) is -0.547. The average Bonchev–Trinajstić information content (AvgIpc) is 3.19. The highest BCUT2D eigenvalue weighted by Crippen LogP contribution is 2.20. The summed E-state index contributed by atoms with van der Waals surface area (Å²) in [6.45, 7) is 0.531. The summed E-state index contributed by atoms with van der Waals surface area (Å²) in [6, 6.07) is 14.0. The minimum absolute atomic E-state index is 0.000148. The summed E-state index contributed by atoms with van der Waals surface area (Å²) in [6.07, 6.45) is 3.06. The Morgan fingerprint density at radius 3 is 2.70 bits per heavy atom. The molecule has 4 rings (SSSR count). The van der Waals surface area contributed by atoms with E-state index >= 15 is 0 Å². The van der Waals surface area contributed by atoms with Gasteiger partial charge in [0.1, 0.15) is 0 Å². The van der Waals surface area contributed by atoms with Crippen molar-refractivity contribution in [2.45, 2.75) is 11.4 Å². The van der Waals surface area contributed by atoms with Gasteiger partial charge in [0, 0.05) is 19.3 Å². The van der Waals surface area contributed by atoms with Gasteiger partial charge in [0.15, 0.2) is 5.58 Å². The fourth-order valence-electron chi connectivity index (χ4n) is 2.77. The van der Waals surface area contributed by atoms with Crippen molar-refractivity contribution in [3.63, 3.8) is 0 Å². The maximum Gasteiger partial charge on any atom is 0.419 e. The Hall–Kier alpha value is -3.33. The number of aryl methyl sites for hydroxylation is 1. The molecule has 0 saturated carbocycles. The molecule has 8 nitrogen and oxygen atoms in total. The number of benzene rings is 2. The molecule has 0 aliphatic carbocycles. The topological polar surface area (TPSA) is 99.1 Å². The number of anilines is 1. The number of sulfonamides is 1. The number of nitrogens with one attached hydrogen (secondary N) is 1. The van der Waals surface area contributed by atoms with Gasteiger partial charge in [-0.15, -0.1) is 0 Å². The zero-order chi connectivity index (χ0) is 19.0. The molecule has 0 atom stereocenters. The Bertz CT molecular complexity index is 1270. The Labute approximate surface area is 154 Å². The van der Waals surface area contributed by atoms with Crippen LogP contribution in [0.25, 0.3) is 11.1 Å². The summed E-state index contributed by atoms with van der Waals surface area (Å²) >= 11 is 0. The highest BCUT2D eigenvalue weighted by molar-refractivity contribution is 7.92. The molecule has 2 heterocycles. The molecule has 0 aliphatic heterocycles. The third kappa shape index (κ3) is 3.36. The second-order valence-corrected chi connectivity index (χ2v) is 7.76. The van der Waals surface area contributed by atoms with Gasteiger partial charge in [0.25, 0.3) is 10.0 Å². The van der Waals surface area contributed by atoms with Crippen molar-refractivity contribution in [1.82, 2.24) is 14.3 Å². The lowest BCUT2D eigenvalue weighted by atomic mass is 10.2. The number of hydrogen-bond acceptors (Lipinski definition) is 5. The molecule has 2 aromatic heterocycles. The lowest BCUT2D eigenvalue weighted by Gasteiger charge is -2.06. The van der Waals surface area contributed by atoms with E-state index in [2.05, 4.69) is 9.82 Å². The van der Waals surface area contributed by atoms with Crippen LogP contribution in [-0.2, 0) is 23.6 Å². The lowest BCUT2D eigenvalue weighted by molar-refractivity contribution is 0.527. The summed E-state index contributed by atoms with van der Waals surface area (Å²) < 4.78 is 35.8. The van der Waals surface area contributed by atoms with E-state index in [9.17, 15) is 13.2 Å². The van der Waals surface area contributed by atoms with E-state index in [1.54, 1.807) is 17.9 Å². The molecule has 4 aromatic rings. The largest absolute Gasteiger partial charge is 0.419 e. The quantitative estimate of drug-likeness (QED) is 0.569. The SMILES string of the molecule is Cn1c(=O)oc2cc(S(=O)(=O)Nc3cnn(Cc4ccccc4)c3)ccc21. The first-order valence-corrected chi connectivity index (χ1v) is 9.59. The van der Waals surface area contributed by atoms with Crippen molar-refractivity contribution >= 4 is 26.8 Å². The lowest BCUT2D eigenvalue weighted by Crippen LogP contribution is -2.12. The third-order valence-electron chi connectivity index (χ3n) is 4.15. The van der Waals surface area contributed by atoms with Crippen LogP contribution in [0.1, 0.15) is 5.56 Å². The monoisotopic (exact) mass is 384 g/mol. The van der Waals surface area contributed by atoms with E-state index in [0.29, 0.717) is 17.7 Å². The molecule has 9 heteroatoms. The van der Waals surface area contributed by atoms with Crippen LogP contribution in [0, 0.1) is 0 Å². The smallest absolute Gasteiger partial charge is 0.408 e. The zero-order valence-electron chi connectivity index (χ0n) is 14.4. The van der Waals surface area contributed by atoms with Crippen LogP contribution in [0.4, 0.5) is 5.69 Å². The van der Waals surface area contributed by atoms with Crippen molar-refractivity contribution in [2.75, 3.05) is 4.72 Å². The van der Waals surface area contributed by atoms with Gasteiger partial charge in [0.05, 0.1) is 28.8 Å². The number of hydrogen-bond donors (Lipinski definition) is 1. The molecule has 0 fully saturated rings. The second-order valence-electron chi connectivity index (χ2n) is 6.07. The van der Waals surface area contributed by atoms with E-state index in [1.807, 2.05) is 30.3 Å². The van der Waals surface area contributed by atoms with Gasteiger partial charge < -0.3 is 4.42 Å². The molecule has 0 radical (unpaired) electrons. The Balaban J connectivity index is 1.57. The minimum atomic E-state index is -3.84. The van der Waals surface area contributed by atoms with Crippen LogP contribution in [0.3, 0.4) is 0 Å². The Morgan fingerprint density at radius 1 is 1.15 bits per heavy atom. The van der Waals surface area contributed by atoms with Gasteiger partial charge >= 0.3 is 5.76 Å². The molecule has 2 aromatic carbocycles. The molecule has 1 N–H and O–H groups in total. The van der Waals surface area contributed by atoms with E-state index < -0.39 is 15.8 Å². The Kier molecular flexibility index (Phi) is 4.08. The van der Waals surface area contributed by atoms with Gasteiger partial charge in [-0.1, -0.05) is 30.3 Å². The van der Waals surface area contributed by atoms with Crippen molar-refractivity contribution in [3.8, 4) is 0 Å². The molecule has 0 bridgehead atoms. The molecule has 0 amide bonds. The van der Waals surface area contributed by atoms with E-state index in [4.69, 9.17) is 4.42 Å². The van der Waals surface area contributed by atoms with E-state index in [-0.39, 0.29) is 10.5 Å². The summed E-state index contributed by atoms with van der Waals surface area (Å²) in [4.78, 5) is 11.6. The van der Waals surface area contributed by atoms with E-state index in [1.165, 1.54) is 29.0 Å². The number of aromatic nitrogens is 3. The number of rotatable bonds is 5. The minimum Gasteiger partial charge on any atom is -0.408 e. The highest BCUT2D eigenvalue weighted by atomic mass is 32.2. The van der Waals surface area contributed by atoms with Crippen LogP contribution in [0.5, 0.6) is 0 Å². The standard InChI is InChI=1S/C18H16N4O4S/c1-21-16-8-7-15(9-17(16)26-18(21)23)27(24,25)20-14-10-19-22(12-14)11-13-5-3-2-4-6-13/h2-10,12,20H,11H2,1H3. The van der Waals surface area contributed by atoms with Crippen LogP contribution >= 0.6 is 0 Å². The van der Waals surface area contributed by atoms with E-state index in [0.717, 1.165) is 5.56 Å². The van der Waals surface area contributed by atoms with Gasteiger partial charge in [-0.3, -0.25) is 14.0 Å². The molecule has 138 valence electrons.